The van der Waals surface area contributed by atoms with Gasteiger partial charge < -0.3 is 15.0 Å². The van der Waals surface area contributed by atoms with Crippen LogP contribution >= 0.6 is 11.3 Å². The largest absolute Gasteiger partial charge is 0.384 e. The average Bonchev–Trinajstić information content (AvgIpc) is 3.33. The predicted molar refractivity (Wildman–Crippen MR) is 114 cm³/mol. The standard InChI is InChI=1S/C21H24FN5O2S/c1-12(15-5-4-6-16(22)9-15)23-21-25-17(18-19(26-21)24-13(2)30-18)20(28)27-8-7-14(10-27)11-29-3/h4-6,9,12,14H,7-8,10-11H2,1-3H3,(H,23,25,26)/t12-,14+/m0/s1. The fourth-order valence-corrected chi connectivity index (χ4v) is 4.57. The Kier molecular flexibility index (Phi) is 5.92. The summed E-state index contributed by atoms with van der Waals surface area (Å²) in [4.78, 5) is 28.6. The minimum Gasteiger partial charge on any atom is -0.384 e. The molecule has 30 heavy (non-hydrogen) atoms. The maximum atomic E-state index is 13.6. The van der Waals surface area contributed by atoms with Crippen LogP contribution in [0.4, 0.5) is 10.3 Å². The molecule has 1 amide bonds. The molecular formula is C21H24FN5O2S. The van der Waals surface area contributed by atoms with E-state index in [1.165, 1.54) is 23.5 Å². The molecule has 9 heteroatoms. The van der Waals surface area contributed by atoms with E-state index in [4.69, 9.17) is 4.74 Å². The summed E-state index contributed by atoms with van der Waals surface area (Å²) in [5, 5.41) is 4.01. The SMILES string of the molecule is COC[C@@H]1CCN(C(=O)c2nc(N[C@@H](C)c3cccc(F)c3)nc3nc(C)sc23)C1. The van der Waals surface area contributed by atoms with Gasteiger partial charge >= 0.3 is 0 Å². The smallest absolute Gasteiger partial charge is 0.274 e. The zero-order valence-corrected chi connectivity index (χ0v) is 18.0. The van der Waals surface area contributed by atoms with Crippen LogP contribution in [0, 0.1) is 18.7 Å². The lowest BCUT2D eigenvalue weighted by Gasteiger charge is -2.18. The molecule has 1 aliphatic rings. The molecule has 0 aliphatic carbocycles. The Bertz CT molecular complexity index is 1070. The van der Waals surface area contributed by atoms with Crippen molar-refractivity contribution in [3.8, 4) is 0 Å². The number of fused-ring (bicyclic) bond motifs is 1. The topological polar surface area (TPSA) is 80.2 Å². The third-order valence-electron chi connectivity index (χ3n) is 5.23. The van der Waals surface area contributed by atoms with E-state index < -0.39 is 0 Å². The summed E-state index contributed by atoms with van der Waals surface area (Å²) >= 11 is 1.42. The van der Waals surface area contributed by atoms with Gasteiger partial charge in [-0.15, -0.1) is 11.3 Å². The summed E-state index contributed by atoms with van der Waals surface area (Å²) in [6, 6.07) is 6.13. The number of nitrogens with one attached hydrogen (secondary N) is 1. The number of nitrogens with zero attached hydrogens (tertiary/aromatic N) is 4. The van der Waals surface area contributed by atoms with Crippen molar-refractivity contribution in [2.45, 2.75) is 26.3 Å². The first-order chi connectivity index (χ1) is 14.4. The Balaban J connectivity index is 1.63. The van der Waals surface area contributed by atoms with Crippen molar-refractivity contribution in [2.75, 3.05) is 32.1 Å². The minimum absolute atomic E-state index is 0.119. The van der Waals surface area contributed by atoms with Crippen molar-refractivity contribution >= 4 is 33.5 Å². The van der Waals surface area contributed by atoms with Gasteiger partial charge in [0, 0.05) is 26.1 Å². The lowest BCUT2D eigenvalue weighted by atomic mass is 10.1. The summed E-state index contributed by atoms with van der Waals surface area (Å²) in [6.45, 7) is 5.75. The number of halogens is 1. The number of likely N-dealkylation sites (tertiary alicyclic amines) is 1. The lowest BCUT2D eigenvalue weighted by molar-refractivity contribution is 0.0772. The van der Waals surface area contributed by atoms with Crippen molar-refractivity contribution in [2.24, 2.45) is 5.92 Å². The van der Waals surface area contributed by atoms with Crippen LogP contribution in [0.2, 0.25) is 0 Å². The van der Waals surface area contributed by atoms with Gasteiger partial charge in [-0.1, -0.05) is 12.1 Å². The number of carbonyl (C=O) groups excluding carboxylic acids is 1. The first kappa shape index (κ1) is 20.6. The molecule has 0 bridgehead atoms. The van der Waals surface area contributed by atoms with Gasteiger partial charge in [0.2, 0.25) is 5.95 Å². The number of benzene rings is 1. The van der Waals surface area contributed by atoms with Gasteiger partial charge in [0.25, 0.3) is 5.91 Å². The Morgan fingerprint density at radius 2 is 2.23 bits per heavy atom. The van der Waals surface area contributed by atoms with Gasteiger partial charge in [-0.2, -0.15) is 4.98 Å². The minimum atomic E-state index is -0.303. The van der Waals surface area contributed by atoms with E-state index in [2.05, 4.69) is 20.3 Å². The van der Waals surface area contributed by atoms with Crippen LogP contribution in [0.15, 0.2) is 24.3 Å². The molecule has 0 radical (unpaired) electrons. The van der Waals surface area contributed by atoms with Gasteiger partial charge in [-0.05, 0) is 38.0 Å². The van der Waals surface area contributed by atoms with Crippen molar-refractivity contribution in [3.05, 3.63) is 46.3 Å². The van der Waals surface area contributed by atoms with E-state index in [1.807, 2.05) is 24.8 Å². The van der Waals surface area contributed by atoms with E-state index >= 15 is 0 Å². The fraction of sp³-hybridized carbons (Fsp3) is 0.429. The van der Waals surface area contributed by atoms with Crippen LogP contribution < -0.4 is 5.32 Å². The van der Waals surface area contributed by atoms with Gasteiger partial charge in [0.1, 0.15) is 10.5 Å². The number of anilines is 1. The first-order valence-corrected chi connectivity index (χ1v) is 10.7. The fourth-order valence-electron chi connectivity index (χ4n) is 3.73. The van der Waals surface area contributed by atoms with E-state index in [9.17, 15) is 9.18 Å². The van der Waals surface area contributed by atoms with Gasteiger partial charge in [0.15, 0.2) is 11.3 Å². The molecule has 158 valence electrons. The van der Waals surface area contributed by atoms with Gasteiger partial charge in [0.05, 0.1) is 17.7 Å². The van der Waals surface area contributed by atoms with Gasteiger partial charge in [-0.3, -0.25) is 4.79 Å². The Morgan fingerprint density at radius 1 is 1.40 bits per heavy atom. The summed E-state index contributed by atoms with van der Waals surface area (Å²) in [5.41, 5.74) is 1.62. The first-order valence-electron chi connectivity index (χ1n) is 9.90. The molecule has 3 aromatic rings. The number of hydrogen-bond acceptors (Lipinski definition) is 7. The van der Waals surface area contributed by atoms with Gasteiger partial charge in [-0.25, -0.2) is 14.4 Å². The third kappa shape index (κ3) is 4.27. The highest BCUT2D eigenvalue weighted by Crippen LogP contribution is 2.28. The van der Waals surface area contributed by atoms with Crippen molar-refractivity contribution in [3.63, 3.8) is 0 Å². The number of hydrogen-bond donors (Lipinski definition) is 1. The third-order valence-corrected chi connectivity index (χ3v) is 6.20. The van der Waals surface area contributed by atoms with Crippen molar-refractivity contribution < 1.29 is 13.9 Å². The van der Waals surface area contributed by atoms with E-state index in [-0.39, 0.29) is 17.8 Å². The van der Waals surface area contributed by atoms with Crippen LogP contribution in [-0.2, 0) is 4.74 Å². The summed E-state index contributed by atoms with van der Waals surface area (Å²) in [5.74, 6) is 0.222. The zero-order valence-electron chi connectivity index (χ0n) is 17.2. The number of carbonyl (C=O) groups is 1. The zero-order chi connectivity index (χ0) is 21.3. The number of aromatic nitrogens is 3. The van der Waals surface area contributed by atoms with Crippen LogP contribution in [0.1, 0.15) is 40.4 Å². The normalized spacial score (nSPS) is 17.5. The summed E-state index contributed by atoms with van der Waals surface area (Å²) < 4.78 is 19.5. The lowest BCUT2D eigenvalue weighted by Crippen LogP contribution is -2.30. The highest BCUT2D eigenvalue weighted by atomic mass is 32.1. The molecule has 4 rings (SSSR count). The van der Waals surface area contributed by atoms with Crippen molar-refractivity contribution in [1.29, 1.82) is 0 Å². The molecule has 1 N–H and O–H groups in total. The second-order valence-electron chi connectivity index (χ2n) is 7.56. The molecule has 1 aliphatic heterocycles. The molecule has 1 fully saturated rings. The summed E-state index contributed by atoms with van der Waals surface area (Å²) in [7, 11) is 1.68. The molecule has 1 aromatic carbocycles. The van der Waals surface area contributed by atoms with Crippen LogP contribution in [0.5, 0.6) is 0 Å². The number of methoxy groups -OCH3 is 1. The molecule has 2 atom stereocenters. The molecule has 3 heterocycles. The number of thiazole rings is 1. The monoisotopic (exact) mass is 429 g/mol. The second-order valence-corrected chi connectivity index (χ2v) is 8.77. The number of amides is 1. The van der Waals surface area contributed by atoms with Crippen LogP contribution in [-0.4, -0.2) is 52.6 Å². The molecule has 0 spiro atoms. The summed E-state index contributed by atoms with van der Waals surface area (Å²) in [6.07, 6.45) is 0.914. The molecular weight excluding hydrogens is 405 g/mol. The second kappa shape index (κ2) is 8.61. The molecule has 7 nitrogen and oxygen atoms in total. The van der Waals surface area contributed by atoms with Crippen molar-refractivity contribution in [1.82, 2.24) is 19.9 Å². The highest BCUT2D eigenvalue weighted by Gasteiger charge is 2.30. The van der Waals surface area contributed by atoms with Crippen LogP contribution in [0.25, 0.3) is 10.3 Å². The quantitative estimate of drug-likeness (QED) is 0.642. The average molecular weight is 430 g/mol. The molecule has 0 unspecified atom stereocenters. The molecule has 1 saturated heterocycles. The Morgan fingerprint density at radius 3 is 3.00 bits per heavy atom. The molecule has 2 aromatic heterocycles. The predicted octanol–water partition coefficient (Wildman–Crippen LogP) is 3.82. The number of aryl methyl sites for hydroxylation is 1. The Hall–Kier alpha value is -2.65. The van der Waals surface area contributed by atoms with E-state index in [1.54, 1.807) is 13.2 Å². The number of rotatable bonds is 6. The van der Waals surface area contributed by atoms with Crippen LogP contribution in [0.3, 0.4) is 0 Å². The van der Waals surface area contributed by atoms with E-state index in [0.717, 1.165) is 17.0 Å². The van der Waals surface area contributed by atoms with E-state index in [0.29, 0.717) is 47.6 Å². The maximum absolute atomic E-state index is 13.6. The highest BCUT2D eigenvalue weighted by molar-refractivity contribution is 7.18. The number of ether oxygens (including phenoxy) is 1. The maximum Gasteiger partial charge on any atom is 0.274 e. The molecule has 0 saturated carbocycles. The Labute approximate surface area is 178 Å².